The molecule has 2 rings (SSSR count). The maximum atomic E-state index is 14.2. The summed E-state index contributed by atoms with van der Waals surface area (Å²) in [5, 5.41) is 0. The molecule has 0 N–H and O–H groups in total. The molecule has 0 fully saturated rings. The van der Waals surface area contributed by atoms with Gasteiger partial charge in [-0.15, -0.1) is 0 Å². The Bertz CT molecular complexity index is 751. The molecule has 1 aromatic carbocycles. The molecule has 26 heavy (non-hydrogen) atoms. The third-order valence-electron chi connectivity index (χ3n) is 4.06. The van der Waals surface area contributed by atoms with Crippen LogP contribution in [0.25, 0.3) is 0 Å². The van der Waals surface area contributed by atoms with Gasteiger partial charge in [0.2, 0.25) is 0 Å². The first-order valence-electron chi connectivity index (χ1n) is 8.34. The van der Waals surface area contributed by atoms with E-state index in [0.717, 1.165) is 31.3 Å². The Labute approximate surface area is 148 Å². The van der Waals surface area contributed by atoms with Gasteiger partial charge in [0.25, 0.3) is 0 Å². The van der Waals surface area contributed by atoms with Crippen LogP contribution in [0.2, 0.25) is 0 Å². The highest BCUT2D eigenvalue weighted by Crippen LogP contribution is 2.34. The quantitative estimate of drug-likeness (QED) is 0.321. The van der Waals surface area contributed by atoms with E-state index in [4.69, 9.17) is 0 Å². The molecule has 0 radical (unpaired) electrons. The van der Waals surface area contributed by atoms with Crippen molar-refractivity contribution >= 4 is 0 Å². The lowest BCUT2D eigenvalue weighted by atomic mass is 9.93. The van der Waals surface area contributed by atoms with Crippen LogP contribution in [0.3, 0.4) is 0 Å². The molecule has 0 heterocycles. The van der Waals surface area contributed by atoms with Gasteiger partial charge < -0.3 is 0 Å². The summed E-state index contributed by atoms with van der Waals surface area (Å²) in [6.07, 6.45) is 0.968. The fourth-order valence-electron chi connectivity index (χ4n) is 2.69. The van der Waals surface area contributed by atoms with E-state index in [0.29, 0.717) is 12.1 Å². The Morgan fingerprint density at radius 1 is 1.04 bits per heavy atom. The van der Waals surface area contributed by atoms with Gasteiger partial charge in [-0.3, -0.25) is 0 Å². The summed E-state index contributed by atoms with van der Waals surface area (Å²) in [4.78, 5) is 0. The van der Waals surface area contributed by atoms with E-state index in [1.807, 2.05) is 0 Å². The van der Waals surface area contributed by atoms with E-state index in [2.05, 4.69) is 18.8 Å². The monoisotopic (exact) mass is 372 g/mol. The molecular weight excluding hydrogens is 354 g/mol. The predicted octanol–water partition coefficient (Wildman–Crippen LogP) is 6.51. The summed E-state index contributed by atoms with van der Waals surface area (Å²) < 4.78 is 78.8. The molecule has 0 amide bonds. The average Bonchev–Trinajstić information content (AvgIpc) is 2.52. The Kier molecular flexibility index (Phi) is 6.57. The molecule has 0 saturated carbocycles. The smallest absolute Gasteiger partial charge is 0.241 e. The molecule has 1 unspecified atom stereocenters. The molecule has 1 aliphatic rings. The zero-order chi connectivity index (χ0) is 19.3. The summed E-state index contributed by atoms with van der Waals surface area (Å²) in [5.74, 6) is 1.32. The van der Waals surface area contributed by atoms with Crippen LogP contribution in [0.4, 0.5) is 26.3 Å². The van der Waals surface area contributed by atoms with Gasteiger partial charge in [-0.2, -0.15) is 13.2 Å². The molecule has 0 saturated heterocycles. The molecule has 0 aliphatic heterocycles. The third-order valence-corrected chi connectivity index (χ3v) is 4.06. The zero-order valence-electron chi connectivity index (χ0n) is 14.2. The Balaban J connectivity index is 2.19. The van der Waals surface area contributed by atoms with Crippen molar-refractivity contribution in [3.8, 4) is 11.8 Å². The maximum absolute atomic E-state index is 14.2. The summed E-state index contributed by atoms with van der Waals surface area (Å²) in [6.45, 7) is 2.08. The van der Waals surface area contributed by atoms with E-state index in [9.17, 15) is 26.3 Å². The minimum absolute atomic E-state index is 0.143. The second-order valence-corrected chi connectivity index (χ2v) is 6.14. The van der Waals surface area contributed by atoms with Gasteiger partial charge in [-0.1, -0.05) is 43.3 Å². The Hall–Kier alpha value is -2.16. The van der Waals surface area contributed by atoms with Gasteiger partial charge in [0.05, 0.1) is 0 Å². The van der Waals surface area contributed by atoms with Crippen molar-refractivity contribution in [2.75, 3.05) is 0 Å². The lowest BCUT2D eigenvalue weighted by Gasteiger charge is -2.15. The van der Waals surface area contributed by atoms with Crippen LogP contribution >= 0.6 is 0 Å². The minimum atomic E-state index is -5.13. The van der Waals surface area contributed by atoms with E-state index in [1.165, 1.54) is 6.08 Å². The SMILES string of the molecule is CCCCCC1=CC=C(C#Cc2cc(F)c(C(F)(F)F)c(F)c2)C(F)C1. The fraction of sp³-hybridized carbons (Fsp3) is 0.400. The largest absolute Gasteiger partial charge is 0.422 e. The third kappa shape index (κ3) is 5.17. The molecule has 0 nitrogen and oxygen atoms in total. The van der Waals surface area contributed by atoms with Crippen LogP contribution in [-0.4, -0.2) is 6.17 Å². The number of benzene rings is 1. The zero-order valence-corrected chi connectivity index (χ0v) is 14.2. The Morgan fingerprint density at radius 2 is 1.69 bits per heavy atom. The van der Waals surface area contributed by atoms with Gasteiger partial charge in [0.15, 0.2) is 0 Å². The predicted molar refractivity (Wildman–Crippen MR) is 88.1 cm³/mol. The molecule has 0 spiro atoms. The Morgan fingerprint density at radius 3 is 2.23 bits per heavy atom. The maximum Gasteiger partial charge on any atom is 0.422 e. The summed E-state index contributed by atoms with van der Waals surface area (Å²) in [6, 6.07) is 1.00. The summed E-state index contributed by atoms with van der Waals surface area (Å²) in [7, 11) is 0. The van der Waals surface area contributed by atoms with Crippen molar-refractivity contribution < 1.29 is 26.3 Å². The number of rotatable bonds is 4. The molecule has 1 atom stereocenters. The first kappa shape index (κ1) is 20.2. The highest BCUT2D eigenvalue weighted by atomic mass is 19.4. The molecule has 6 heteroatoms. The van der Waals surface area contributed by atoms with Crippen LogP contribution in [0, 0.1) is 23.5 Å². The second kappa shape index (κ2) is 8.48. The van der Waals surface area contributed by atoms with Gasteiger partial charge in [-0.25, -0.2) is 13.2 Å². The molecule has 0 bridgehead atoms. The van der Waals surface area contributed by atoms with E-state index >= 15 is 0 Å². The molecule has 1 aromatic rings. The number of hydrogen-bond acceptors (Lipinski definition) is 0. The van der Waals surface area contributed by atoms with E-state index < -0.39 is 29.5 Å². The fourth-order valence-corrected chi connectivity index (χ4v) is 2.69. The average molecular weight is 372 g/mol. The number of halogens is 6. The number of allylic oxidation sites excluding steroid dienone is 4. The van der Waals surface area contributed by atoms with Crippen LogP contribution in [0.5, 0.6) is 0 Å². The first-order valence-corrected chi connectivity index (χ1v) is 8.34. The lowest BCUT2D eigenvalue weighted by Crippen LogP contribution is -2.11. The topological polar surface area (TPSA) is 0 Å². The molecular formula is C20H18F6. The number of unbranched alkanes of at least 4 members (excludes halogenated alkanes) is 2. The van der Waals surface area contributed by atoms with Crippen LogP contribution in [0.15, 0.2) is 35.4 Å². The van der Waals surface area contributed by atoms with E-state index in [-0.39, 0.29) is 17.6 Å². The molecule has 1 aliphatic carbocycles. The highest BCUT2D eigenvalue weighted by molar-refractivity contribution is 5.46. The molecule has 0 aromatic heterocycles. The molecule has 140 valence electrons. The van der Waals surface area contributed by atoms with Crippen LogP contribution in [-0.2, 0) is 6.18 Å². The van der Waals surface area contributed by atoms with Gasteiger partial charge in [0, 0.05) is 17.6 Å². The normalized spacial score (nSPS) is 17.3. The lowest BCUT2D eigenvalue weighted by molar-refractivity contribution is -0.142. The number of hydrogen-bond donors (Lipinski definition) is 0. The van der Waals surface area contributed by atoms with Crippen molar-refractivity contribution in [2.24, 2.45) is 0 Å². The summed E-state index contributed by atoms with van der Waals surface area (Å²) >= 11 is 0. The van der Waals surface area contributed by atoms with Crippen molar-refractivity contribution in [1.82, 2.24) is 0 Å². The van der Waals surface area contributed by atoms with Crippen molar-refractivity contribution in [3.05, 3.63) is 58.2 Å². The van der Waals surface area contributed by atoms with Crippen LogP contribution in [0.1, 0.15) is 50.2 Å². The minimum Gasteiger partial charge on any atom is -0.241 e. The van der Waals surface area contributed by atoms with Crippen molar-refractivity contribution in [1.29, 1.82) is 0 Å². The van der Waals surface area contributed by atoms with Crippen molar-refractivity contribution in [2.45, 2.75) is 51.4 Å². The van der Waals surface area contributed by atoms with Gasteiger partial charge in [-0.05, 0) is 31.1 Å². The highest BCUT2D eigenvalue weighted by Gasteiger charge is 2.37. The standard InChI is InChI=1S/C20H18F6/c1-2-3-4-5-13-6-8-15(16(21)10-13)9-7-14-11-17(22)19(18(23)12-14)20(24,25)26/h6,8,11-12,16H,2-5,10H2,1H3. The van der Waals surface area contributed by atoms with Gasteiger partial charge >= 0.3 is 6.18 Å². The van der Waals surface area contributed by atoms with Crippen LogP contribution < -0.4 is 0 Å². The van der Waals surface area contributed by atoms with Crippen molar-refractivity contribution in [3.63, 3.8) is 0 Å². The summed E-state index contributed by atoms with van der Waals surface area (Å²) in [5.41, 5.74) is -1.12. The first-order chi connectivity index (χ1) is 12.2. The van der Waals surface area contributed by atoms with E-state index in [1.54, 1.807) is 6.08 Å². The van der Waals surface area contributed by atoms with Gasteiger partial charge in [0.1, 0.15) is 23.4 Å². The second-order valence-electron chi connectivity index (χ2n) is 6.14. The number of alkyl halides is 4.